The lowest BCUT2D eigenvalue weighted by atomic mass is 9.88. The van der Waals surface area contributed by atoms with Gasteiger partial charge in [-0.25, -0.2) is 4.98 Å². The zero-order valence-corrected chi connectivity index (χ0v) is 16.4. The van der Waals surface area contributed by atoms with Crippen molar-refractivity contribution >= 4 is 11.9 Å². The number of H-pyrrole nitrogens is 1. The van der Waals surface area contributed by atoms with Gasteiger partial charge < -0.3 is 14.5 Å². The van der Waals surface area contributed by atoms with Gasteiger partial charge in [0.05, 0.1) is 24.4 Å². The van der Waals surface area contributed by atoms with E-state index in [4.69, 9.17) is 9.72 Å². The lowest BCUT2D eigenvalue weighted by Gasteiger charge is -2.36. The van der Waals surface area contributed by atoms with Crippen molar-refractivity contribution in [2.75, 3.05) is 24.5 Å². The van der Waals surface area contributed by atoms with Crippen LogP contribution in [0.25, 0.3) is 0 Å². The van der Waals surface area contributed by atoms with E-state index in [1.54, 1.807) is 0 Å². The maximum Gasteiger partial charge on any atom is 0.255 e. The molecular formula is C20H30N4O3. The molecule has 1 saturated carbocycles. The second-order valence-electron chi connectivity index (χ2n) is 8.32. The number of nitrogens with zero attached hydrogens (tertiary/aromatic N) is 3. The zero-order valence-electron chi connectivity index (χ0n) is 16.4. The number of carbonyl (C=O) groups is 1. The first-order valence-electron chi connectivity index (χ1n) is 10.3. The fraction of sp³-hybridized carbons (Fsp3) is 0.750. The van der Waals surface area contributed by atoms with Gasteiger partial charge in [-0.15, -0.1) is 0 Å². The number of amides is 1. The monoisotopic (exact) mass is 374 g/mol. The average Bonchev–Trinajstić information content (AvgIpc) is 2.67. The number of morpholine rings is 1. The van der Waals surface area contributed by atoms with Gasteiger partial charge in [-0.3, -0.25) is 14.6 Å². The molecule has 1 amide bonds. The number of ether oxygens (including phenoxy) is 1. The first kappa shape index (κ1) is 18.5. The summed E-state index contributed by atoms with van der Waals surface area (Å²) < 4.78 is 5.78. The minimum absolute atomic E-state index is 0.0634. The van der Waals surface area contributed by atoms with Crippen molar-refractivity contribution in [2.24, 2.45) is 5.92 Å². The highest BCUT2D eigenvalue weighted by atomic mass is 16.5. The molecule has 1 aromatic rings. The van der Waals surface area contributed by atoms with Gasteiger partial charge in [0, 0.05) is 31.1 Å². The molecule has 1 aliphatic carbocycles. The lowest BCUT2D eigenvalue weighted by molar-refractivity contribution is -0.137. The summed E-state index contributed by atoms with van der Waals surface area (Å²) >= 11 is 0. The fourth-order valence-electron chi connectivity index (χ4n) is 4.72. The SMILES string of the molecule is CC1CN(c2nc3c(c(=O)[nH]2)CCN(C(=O)C2CCCCC2)C3)CC(C)O1. The summed E-state index contributed by atoms with van der Waals surface area (Å²) in [6.07, 6.45) is 6.32. The van der Waals surface area contributed by atoms with Crippen LogP contribution in [0.1, 0.15) is 57.2 Å². The van der Waals surface area contributed by atoms with Crippen LogP contribution >= 0.6 is 0 Å². The number of anilines is 1. The first-order chi connectivity index (χ1) is 13.0. The zero-order chi connectivity index (χ0) is 19.0. The molecule has 3 heterocycles. The van der Waals surface area contributed by atoms with Crippen LogP contribution in [0.15, 0.2) is 4.79 Å². The molecule has 2 unspecified atom stereocenters. The van der Waals surface area contributed by atoms with E-state index in [0.29, 0.717) is 38.5 Å². The van der Waals surface area contributed by atoms with Crippen molar-refractivity contribution in [3.8, 4) is 0 Å². The van der Waals surface area contributed by atoms with Crippen molar-refractivity contribution < 1.29 is 9.53 Å². The maximum absolute atomic E-state index is 12.9. The first-order valence-corrected chi connectivity index (χ1v) is 10.3. The summed E-state index contributed by atoms with van der Waals surface area (Å²) in [5.74, 6) is 1.01. The number of rotatable bonds is 2. The molecule has 0 radical (unpaired) electrons. The molecule has 0 aromatic carbocycles. The molecule has 27 heavy (non-hydrogen) atoms. The second kappa shape index (κ2) is 7.62. The third-order valence-corrected chi connectivity index (χ3v) is 6.05. The predicted molar refractivity (Wildman–Crippen MR) is 103 cm³/mol. The van der Waals surface area contributed by atoms with E-state index < -0.39 is 0 Å². The fourth-order valence-corrected chi connectivity index (χ4v) is 4.72. The Morgan fingerprint density at radius 2 is 1.85 bits per heavy atom. The van der Waals surface area contributed by atoms with Gasteiger partial charge >= 0.3 is 0 Å². The standard InChI is InChI=1S/C20H30N4O3/c1-13-10-24(11-14(2)27-13)20-21-17-12-23(9-8-16(17)18(25)22-20)19(26)15-6-4-3-5-7-15/h13-15H,3-12H2,1-2H3,(H,21,22,25). The minimum atomic E-state index is -0.0634. The number of hydrogen-bond donors (Lipinski definition) is 1. The van der Waals surface area contributed by atoms with E-state index in [-0.39, 0.29) is 29.6 Å². The molecule has 148 valence electrons. The third kappa shape index (κ3) is 3.88. The summed E-state index contributed by atoms with van der Waals surface area (Å²) in [5.41, 5.74) is 1.43. The normalized spacial score (nSPS) is 26.7. The molecular weight excluding hydrogens is 344 g/mol. The lowest BCUT2D eigenvalue weighted by Crippen LogP contribution is -2.47. The molecule has 3 aliphatic rings. The molecule has 7 nitrogen and oxygen atoms in total. The van der Waals surface area contributed by atoms with Crippen molar-refractivity contribution in [1.82, 2.24) is 14.9 Å². The van der Waals surface area contributed by atoms with E-state index in [1.807, 2.05) is 18.7 Å². The quantitative estimate of drug-likeness (QED) is 0.855. The van der Waals surface area contributed by atoms with Gasteiger partial charge in [0.15, 0.2) is 0 Å². The summed E-state index contributed by atoms with van der Waals surface area (Å²) in [4.78, 5) is 37.2. The van der Waals surface area contributed by atoms with Gasteiger partial charge in [-0.2, -0.15) is 0 Å². The van der Waals surface area contributed by atoms with Crippen LogP contribution in [-0.2, 0) is 22.5 Å². The predicted octanol–water partition coefficient (Wildman–Crippen LogP) is 1.85. The van der Waals surface area contributed by atoms with Crippen LogP contribution in [0, 0.1) is 5.92 Å². The van der Waals surface area contributed by atoms with Gasteiger partial charge in [0.1, 0.15) is 0 Å². The highest BCUT2D eigenvalue weighted by Gasteiger charge is 2.31. The Balaban J connectivity index is 1.54. The second-order valence-corrected chi connectivity index (χ2v) is 8.32. The van der Waals surface area contributed by atoms with Gasteiger partial charge in [0.25, 0.3) is 5.56 Å². The highest BCUT2D eigenvalue weighted by molar-refractivity contribution is 5.79. The van der Waals surface area contributed by atoms with Crippen LogP contribution in [0.2, 0.25) is 0 Å². The Kier molecular flexibility index (Phi) is 5.21. The summed E-state index contributed by atoms with van der Waals surface area (Å²) in [6.45, 7) is 6.55. The Morgan fingerprint density at radius 3 is 2.56 bits per heavy atom. The highest BCUT2D eigenvalue weighted by Crippen LogP contribution is 2.27. The number of fused-ring (bicyclic) bond motifs is 1. The molecule has 2 atom stereocenters. The number of carbonyl (C=O) groups excluding carboxylic acids is 1. The average molecular weight is 374 g/mol. The minimum Gasteiger partial charge on any atom is -0.372 e. The van der Waals surface area contributed by atoms with E-state index >= 15 is 0 Å². The van der Waals surface area contributed by atoms with Crippen molar-refractivity contribution in [3.05, 3.63) is 21.6 Å². The molecule has 1 saturated heterocycles. The molecule has 2 fully saturated rings. The maximum atomic E-state index is 12.9. The van der Waals surface area contributed by atoms with Crippen molar-refractivity contribution in [3.63, 3.8) is 0 Å². The number of aromatic amines is 1. The van der Waals surface area contributed by atoms with Crippen LogP contribution in [0.3, 0.4) is 0 Å². The van der Waals surface area contributed by atoms with E-state index in [9.17, 15) is 9.59 Å². The Morgan fingerprint density at radius 1 is 1.15 bits per heavy atom. The van der Waals surface area contributed by atoms with Crippen LogP contribution in [0.4, 0.5) is 5.95 Å². The third-order valence-electron chi connectivity index (χ3n) is 6.05. The topological polar surface area (TPSA) is 78.5 Å². The van der Waals surface area contributed by atoms with Gasteiger partial charge in [-0.05, 0) is 33.1 Å². The van der Waals surface area contributed by atoms with Gasteiger partial charge in [0.2, 0.25) is 11.9 Å². The molecule has 2 aliphatic heterocycles. The largest absolute Gasteiger partial charge is 0.372 e. The molecule has 1 aromatic heterocycles. The Labute approximate surface area is 160 Å². The molecule has 1 N–H and O–H groups in total. The van der Waals surface area contributed by atoms with Crippen LogP contribution < -0.4 is 10.5 Å². The van der Waals surface area contributed by atoms with E-state index in [1.165, 1.54) is 6.42 Å². The Hall–Kier alpha value is -1.89. The molecule has 7 heteroatoms. The van der Waals surface area contributed by atoms with Gasteiger partial charge in [-0.1, -0.05) is 19.3 Å². The number of nitrogens with one attached hydrogen (secondary N) is 1. The molecule has 0 spiro atoms. The molecule has 0 bridgehead atoms. The summed E-state index contributed by atoms with van der Waals surface area (Å²) in [5, 5.41) is 0. The Bertz CT molecular complexity index is 746. The molecule has 4 rings (SSSR count). The summed E-state index contributed by atoms with van der Waals surface area (Å²) in [6, 6.07) is 0. The van der Waals surface area contributed by atoms with Crippen LogP contribution in [-0.4, -0.2) is 52.6 Å². The van der Waals surface area contributed by atoms with E-state index in [0.717, 1.165) is 36.9 Å². The van der Waals surface area contributed by atoms with Crippen molar-refractivity contribution in [1.29, 1.82) is 0 Å². The number of aromatic nitrogens is 2. The smallest absolute Gasteiger partial charge is 0.255 e. The summed E-state index contributed by atoms with van der Waals surface area (Å²) in [7, 11) is 0. The van der Waals surface area contributed by atoms with Crippen molar-refractivity contribution in [2.45, 2.75) is 71.1 Å². The van der Waals surface area contributed by atoms with E-state index in [2.05, 4.69) is 9.88 Å². The number of hydrogen-bond acceptors (Lipinski definition) is 5. The van der Waals surface area contributed by atoms with Crippen LogP contribution in [0.5, 0.6) is 0 Å².